The Hall–Kier alpha value is -3.35. The standard InChI is InChI=1S/C24H28N4O3/c1-16-25-26-23-11-9-20(15-28(16)23)18-6-5-7-19(13-18)24(29)27(2)14-17-8-10-21(30-3)22(12-17)31-4/h5-8,10,12-13,20H,9,11,14-15H2,1-4H3/t20-/m0/s1. The third-order valence-corrected chi connectivity index (χ3v) is 5.95. The second kappa shape index (κ2) is 8.79. The smallest absolute Gasteiger partial charge is 0.253 e. The van der Waals surface area contributed by atoms with Gasteiger partial charge in [0.2, 0.25) is 0 Å². The van der Waals surface area contributed by atoms with Crippen molar-refractivity contribution in [2.75, 3.05) is 21.3 Å². The van der Waals surface area contributed by atoms with Crippen molar-refractivity contribution in [1.82, 2.24) is 19.7 Å². The van der Waals surface area contributed by atoms with E-state index >= 15 is 0 Å². The van der Waals surface area contributed by atoms with E-state index in [0.717, 1.165) is 36.6 Å². The number of rotatable bonds is 6. The van der Waals surface area contributed by atoms with Gasteiger partial charge >= 0.3 is 0 Å². The number of fused-ring (bicyclic) bond motifs is 1. The van der Waals surface area contributed by atoms with Gasteiger partial charge in [0.25, 0.3) is 5.91 Å². The number of aryl methyl sites for hydroxylation is 2. The fourth-order valence-corrected chi connectivity index (χ4v) is 4.21. The summed E-state index contributed by atoms with van der Waals surface area (Å²) in [6.07, 6.45) is 1.92. The zero-order valence-electron chi connectivity index (χ0n) is 18.5. The molecular weight excluding hydrogens is 392 g/mol. The molecule has 4 rings (SSSR count). The zero-order valence-corrected chi connectivity index (χ0v) is 18.5. The summed E-state index contributed by atoms with van der Waals surface area (Å²) < 4.78 is 12.9. The van der Waals surface area contributed by atoms with Crippen molar-refractivity contribution in [2.24, 2.45) is 0 Å². The Morgan fingerprint density at radius 3 is 2.71 bits per heavy atom. The summed E-state index contributed by atoms with van der Waals surface area (Å²) in [7, 11) is 5.04. The topological polar surface area (TPSA) is 69.5 Å². The minimum Gasteiger partial charge on any atom is -0.493 e. The molecule has 0 unspecified atom stereocenters. The molecule has 0 bridgehead atoms. The predicted octanol–water partition coefficient (Wildman–Crippen LogP) is 3.61. The molecule has 162 valence electrons. The number of hydrogen-bond donors (Lipinski definition) is 0. The van der Waals surface area contributed by atoms with Crippen LogP contribution >= 0.6 is 0 Å². The highest BCUT2D eigenvalue weighted by Crippen LogP contribution is 2.30. The van der Waals surface area contributed by atoms with Crippen molar-refractivity contribution in [1.29, 1.82) is 0 Å². The monoisotopic (exact) mass is 420 g/mol. The first-order valence-electron chi connectivity index (χ1n) is 10.4. The van der Waals surface area contributed by atoms with Crippen molar-refractivity contribution < 1.29 is 14.3 Å². The predicted molar refractivity (Wildman–Crippen MR) is 118 cm³/mol. The van der Waals surface area contributed by atoms with Crippen LogP contribution in [0.2, 0.25) is 0 Å². The Morgan fingerprint density at radius 1 is 1.13 bits per heavy atom. The number of benzene rings is 2. The summed E-state index contributed by atoms with van der Waals surface area (Å²) >= 11 is 0. The van der Waals surface area contributed by atoms with Crippen molar-refractivity contribution >= 4 is 5.91 Å². The van der Waals surface area contributed by atoms with E-state index in [-0.39, 0.29) is 5.91 Å². The molecule has 2 aromatic carbocycles. The van der Waals surface area contributed by atoms with Crippen LogP contribution in [-0.4, -0.2) is 46.8 Å². The van der Waals surface area contributed by atoms with E-state index in [2.05, 4.69) is 20.8 Å². The van der Waals surface area contributed by atoms with Gasteiger partial charge in [0.1, 0.15) is 11.6 Å². The van der Waals surface area contributed by atoms with Crippen molar-refractivity contribution in [3.63, 3.8) is 0 Å². The number of carbonyl (C=O) groups is 1. The molecule has 31 heavy (non-hydrogen) atoms. The third-order valence-electron chi connectivity index (χ3n) is 5.95. The highest BCUT2D eigenvalue weighted by Gasteiger charge is 2.24. The average Bonchev–Trinajstić information content (AvgIpc) is 3.18. The molecule has 1 aromatic heterocycles. The fourth-order valence-electron chi connectivity index (χ4n) is 4.21. The fraction of sp³-hybridized carbons (Fsp3) is 0.375. The van der Waals surface area contributed by atoms with E-state index in [0.29, 0.717) is 29.5 Å². The van der Waals surface area contributed by atoms with E-state index in [1.807, 2.05) is 50.4 Å². The maximum Gasteiger partial charge on any atom is 0.253 e. The van der Waals surface area contributed by atoms with Gasteiger partial charge in [-0.2, -0.15) is 0 Å². The van der Waals surface area contributed by atoms with Crippen molar-refractivity contribution in [2.45, 2.75) is 38.8 Å². The molecule has 1 aliphatic rings. The molecule has 0 aliphatic carbocycles. The zero-order chi connectivity index (χ0) is 22.0. The number of nitrogens with zero attached hydrogens (tertiary/aromatic N) is 4. The number of ether oxygens (including phenoxy) is 2. The summed E-state index contributed by atoms with van der Waals surface area (Å²) in [5.41, 5.74) is 2.86. The molecule has 7 heteroatoms. The van der Waals surface area contributed by atoms with Crippen LogP contribution in [0.5, 0.6) is 11.5 Å². The van der Waals surface area contributed by atoms with Crippen LogP contribution in [0.15, 0.2) is 42.5 Å². The van der Waals surface area contributed by atoms with Crippen LogP contribution in [0.25, 0.3) is 0 Å². The Kier molecular flexibility index (Phi) is 5.93. The second-order valence-corrected chi connectivity index (χ2v) is 7.99. The van der Waals surface area contributed by atoms with Gasteiger partial charge in [-0.05, 0) is 48.7 Å². The van der Waals surface area contributed by atoms with Gasteiger partial charge in [-0.25, -0.2) is 0 Å². The van der Waals surface area contributed by atoms with Crippen LogP contribution in [-0.2, 0) is 19.5 Å². The molecule has 0 saturated heterocycles. The highest BCUT2D eigenvalue weighted by molar-refractivity contribution is 5.94. The first kappa shape index (κ1) is 20.9. The molecule has 0 saturated carbocycles. The van der Waals surface area contributed by atoms with Crippen molar-refractivity contribution in [3.05, 3.63) is 70.8 Å². The van der Waals surface area contributed by atoms with E-state index in [1.54, 1.807) is 19.1 Å². The molecule has 7 nitrogen and oxygen atoms in total. The summed E-state index contributed by atoms with van der Waals surface area (Å²) in [6.45, 7) is 3.32. The summed E-state index contributed by atoms with van der Waals surface area (Å²) in [5, 5.41) is 8.45. The van der Waals surface area contributed by atoms with Gasteiger partial charge in [-0.3, -0.25) is 4.79 Å². The van der Waals surface area contributed by atoms with Crippen LogP contribution < -0.4 is 9.47 Å². The van der Waals surface area contributed by atoms with Crippen molar-refractivity contribution in [3.8, 4) is 11.5 Å². The van der Waals surface area contributed by atoms with Gasteiger partial charge in [-0.1, -0.05) is 18.2 Å². The molecule has 0 fully saturated rings. The number of carbonyl (C=O) groups excluding carboxylic acids is 1. The maximum atomic E-state index is 13.1. The molecule has 0 spiro atoms. The van der Waals surface area contributed by atoms with Gasteiger partial charge in [0.05, 0.1) is 14.2 Å². The number of hydrogen-bond acceptors (Lipinski definition) is 5. The second-order valence-electron chi connectivity index (χ2n) is 7.99. The van der Waals surface area contributed by atoms with Crippen LogP contribution in [0.3, 0.4) is 0 Å². The lowest BCUT2D eigenvalue weighted by molar-refractivity contribution is 0.0785. The maximum absolute atomic E-state index is 13.1. The summed E-state index contributed by atoms with van der Waals surface area (Å²) in [4.78, 5) is 14.8. The molecule has 0 radical (unpaired) electrons. The lowest BCUT2D eigenvalue weighted by atomic mass is 9.90. The Morgan fingerprint density at radius 2 is 1.94 bits per heavy atom. The Labute approximate surface area is 182 Å². The number of aromatic nitrogens is 3. The first-order chi connectivity index (χ1) is 15.0. The normalized spacial score (nSPS) is 15.3. The lowest BCUT2D eigenvalue weighted by Gasteiger charge is -2.25. The SMILES string of the molecule is COc1ccc(CN(C)C(=O)c2cccc([C@H]3CCc4nnc(C)n4C3)c2)cc1OC. The summed E-state index contributed by atoms with van der Waals surface area (Å²) in [5.74, 6) is 3.67. The van der Waals surface area contributed by atoms with Gasteiger partial charge in [-0.15, -0.1) is 10.2 Å². The molecule has 1 aliphatic heterocycles. The number of amides is 1. The molecule has 2 heterocycles. The minimum atomic E-state index is -0.00592. The van der Waals surface area contributed by atoms with Crippen LogP contribution in [0.4, 0.5) is 0 Å². The van der Waals surface area contributed by atoms with Crippen LogP contribution in [0, 0.1) is 6.92 Å². The number of methoxy groups -OCH3 is 2. The van der Waals surface area contributed by atoms with Gasteiger partial charge in [0.15, 0.2) is 11.5 Å². The molecule has 3 aromatic rings. The van der Waals surface area contributed by atoms with E-state index in [9.17, 15) is 4.79 Å². The van der Waals surface area contributed by atoms with Gasteiger partial charge in [0, 0.05) is 38.0 Å². The molecule has 1 atom stereocenters. The molecule has 1 amide bonds. The van der Waals surface area contributed by atoms with E-state index < -0.39 is 0 Å². The largest absolute Gasteiger partial charge is 0.493 e. The highest BCUT2D eigenvalue weighted by atomic mass is 16.5. The summed E-state index contributed by atoms with van der Waals surface area (Å²) in [6, 6.07) is 13.7. The van der Waals surface area contributed by atoms with E-state index in [1.165, 1.54) is 5.56 Å². The molecule has 0 N–H and O–H groups in total. The third kappa shape index (κ3) is 4.26. The van der Waals surface area contributed by atoms with E-state index in [4.69, 9.17) is 9.47 Å². The lowest BCUT2D eigenvalue weighted by Crippen LogP contribution is -2.26. The average molecular weight is 421 g/mol. The van der Waals surface area contributed by atoms with Gasteiger partial charge < -0.3 is 18.9 Å². The quantitative estimate of drug-likeness (QED) is 0.609. The molecular formula is C24H28N4O3. The minimum absolute atomic E-state index is 0.00592. The Balaban J connectivity index is 1.49. The van der Waals surface area contributed by atoms with Crippen LogP contribution in [0.1, 0.15) is 45.5 Å². The Bertz CT molecular complexity index is 1090. The first-order valence-corrected chi connectivity index (χ1v) is 10.4.